The molecule has 1 heterocycles. The van der Waals surface area contributed by atoms with Crippen molar-refractivity contribution in [1.82, 2.24) is 5.32 Å². The summed E-state index contributed by atoms with van der Waals surface area (Å²) in [6.45, 7) is 3.85. The van der Waals surface area contributed by atoms with E-state index in [1.807, 2.05) is 0 Å². The largest absolute Gasteiger partial charge is 0.480 e. The van der Waals surface area contributed by atoms with Gasteiger partial charge in [0.1, 0.15) is 5.54 Å². The van der Waals surface area contributed by atoms with Gasteiger partial charge in [0.2, 0.25) is 0 Å². The number of nitrogens with one attached hydrogen (secondary N) is 1. The predicted octanol–water partition coefficient (Wildman–Crippen LogP) is 3.11. The van der Waals surface area contributed by atoms with E-state index in [-0.39, 0.29) is 5.76 Å². The Hall–Kier alpha value is -1.30. The van der Waals surface area contributed by atoms with Crippen LogP contribution >= 0.6 is 15.9 Å². The Kier molecular flexibility index (Phi) is 4.22. The van der Waals surface area contributed by atoms with Gasteiger partial charge in [-0.1, -0.05) is 6.92 Å². The van der Waals surface area contributed by atoms with Crippen molar-refractivity contribution in [3.63, 3.8) is 0 Å². The van der Waals surface area contributed by atoms with E-state index in [1.54, 1.807) is 13.0 Å². The fraction of sp³-hybridized carbons (Fsp3) is 0.571. The molecule has 1 aromatic rings. The number of furan rings is 1. The molecule has 2 N–H and O–H groups in total. The second-order valence-electron chi connectivity index (χ2n) is 5.59. The third kappa shape index (κ3) is 2.90. The van der Waals surface area contributed by atoms with Crippen LogP contribution in [0.3, 0.4) is 0 Å². The molecule has 20 heavy (non-hydrogen) atoms. The first-order valence-corrected chi connectivity index (χ1v) is 7.45. The molecule has 110 valence electrons. The van der Waals surface area contributed by atoms with Gasteiger partial charge in [-0.25, -0.2) is 4.79 Å². The molecular weight excluding hydrogens is 326 g/mol. The van der Waals surface area contributed by atoms with Crippen molar-refractivity contribution in [1.29, 1.82) is 0 Å². The SMILES string of the molecule is Cc1cc(Br)oc1C(=O)NC1(C(=O)O)CCC(C)CC1. The van der Waals surface area contributed by atoms with Gasteiger partial charge in [0.05, 0.1) is 0 Å². The van der Waals surface area contributed by atoms with Crippen LogP contribution in [0, 0.1) is 12.8 Å². The number of carbonyl (C=O) groups is 2. The number of hydrogen-bond acceptors (Lipinski definition) is 3. The van der Waals surface area contributed by atoms with Crippen LogP contribution in [0.1, 0.15) is 48.7 Å². The quantitative estimate of drug-likeness (QED) is 0.883. The van der Waals surface area contributed by atoms with E-state index < -0.39 is 17.4 Å². The lowest BCUT2D eigenvalue weighted by atomic mass is 9.77. The smallest absolute Gasteiger partial charge is 0.329 e. The highest BCUT2D eigenvalue weighted by Gasteiger charge is 2.43. The molecule has 0 aliphatic heterocycles. The summed E-state index contributed by atoms with van der Waals surface area (Å²) in [4.78, 5) is 23.8. The summed E-state index contributed by atoms with van der Waals surface area (Å²) in [7, 11) is 0. The number of halogens is 1. The third-order valence-electron chi connectivity index (χ3n) is 3.98. The van der Waals surface area contributed by atoms with Crippen molar-refractivity contribution < 1.29 is 19.1 Å². The lowest BCUT2D eigenvalue weighted by Crippen LogP contribution is -2.56. The molecule has 1 saturated carbocycles. The van der Waals surface area contributed by atoms with Crippen LogP contribution < -0.4 is 5.32 Å². The van der Waals surface area contributed by atoms with Crippen molar-refractivity contribution in [2.75, 3.05) is 0 Å². The molecule has 1 aliphatic rings. The molecule has 0 bridgehead atoms. The van der Waals surface area contributed by atoms with Crippen LogP contribution in [-0.2, 0) is 4.79 Å². The van der Waals surface area contributed by atoms with E-state index >= 15 is 0 Å². The maximum atomic E-state index is 12.2. The van der Waals surface area contributed by atoms with Gasteiger partial charge >= 0.3 is 5.97 Å². The van der Waals surface area contributed by atoms with Gasteiger partial charge in [0.15, 0.2) is 10.4 Å². The van der Waals surface area contributed by atoms with Gasteiger partial charge in [0, 0.05) is 5.56 Å². The van der Waals surface area contributed by atoms with Crippen LogP contribution in [0.15, 0.2) is 15.2 Å². The molecule has 1 fully saturated rings. The molecule has 2 rings (SSSR count). The topological polar surface area (TPSA) is 79.5 Å². The average molecular weight is 344 g/mol. The summed E-state index contributed by atoms with van der Waals surface area (Å²) in [5.41, 5.74) is -0.492. The Morgan fingerprint density at radius 1 is 1.45 bits per heavy atom. The normalized spacial score (nSPS) is 26.2. The minimum Gasteiger partial charge on any atom is -0.480 e. The highest BCUT2D eigenvalue weighted by molar-refractivity contribution is 9.10. The van der Waals surface area contributed by atoms with E-state index in [1.165, 1.54) is 0 Å². The number of carbonyl (C=O) groups excluding carboxylic acids is 1. The summed E-state index contributed by atoms with van der Waals surface area (Å²) >= 11 is 3.16. The van der Waals surface area contributed by atoms with Crippen molar-refractivity contribution in [2.24, 2.45) is 5.92 Å². The third-order valence-corrected chi connectivity index (χ3v) is 4.37. The fourth-order valence-corrected chi connectivity index (χ4v) is 3.10. The summed E-state index contributed by atoms with van der Waals surface area (Å²) in [5, 5.41) is 12.2. The van der Waals surface area contributed by atoms with Crippen LogP contribution in [-0.4, -0.2) is 22.5 Å². The lowest BCUT2D eigenvalue weighted by molar-refractivity contribution is -0.146. The molecule has 1 aromatic heterocycles. The van der Waals surface area contributed by atoms with Gasteiger partial charge in [0.25, 0.3) is 5.91 Å². The number of hydrogen-bond donors (Lipinski definition) is 2. The van der Waals surface area contributed by atoms with Crippen LogP contribution in [0.25, 0.3) is 0 Å². The highest BCUT2D eigenvalue weighted by atomic mass is 79.9. The first-order chi connectivity index (χ1) is 9.34. The van der Waals surface area contributed by atoms with E-state index in [2.05, 4.69) is 28.2 Å². The molecule has 0 saturated heterocycles. The molecule has 0 spiro atoms. The minimum atomic E-state index is -1.17. The Labute approximate surface area is 125 Å². The van der Waals surface area contributed by atoms with Crippen molar-refractivity contribution in [2.45, 2.75) is 45.1 Å². The molecular formula is C14H18BrNO4. The van der Waals surface area contributed by atoms with E-state index in [0.29, 0.717) is 29.0 Å². The zero-order valence-electron chi connectivity index (χ0n) is 11.5. The molecule has 6 heteroatoms. The van der Waals surface area contributed by atoms with Gasteiger partial charge in [-0.2, -0.15) is 0 Å². The summed E-state index contributed by atoms with van der Waals surface area (Å²) in [5.74, 6) is -0.777. The zero-order chi connectivity index (χ0) is 14.9. The molecule has 0 atom stereocenters. The lowest BCUT2D eigenvalue weighted by Gasteiger charge is -2.36. The van der Waals surface area contributed by atoms with Gasteiger partial charge < -0.3 is 14.8 Å². The van der Waals surface area contributed by atoms with Crippen molar-refractivity contribution in [3.8, 4) is 0 Å². The van der Waals surface area contributed by atoms with Gasteiger partial charge in [-0.3, -0.25) is 4.79 Å². The first-order valence-electron chi connectivity index (χ1n) is 6.66. The van der Waals surface area contributed by atoms with Crippen LogP contribution in [0.4, 0.5) is 0 Å². The Bertz CT molecular complexity index is 529. The number of carboxylic acid groups (broad SMARTS) is 1. The van der Waals surface area contributed by atoms with Crippen molar-refractivity contribution in [3.05, 3.63) is 22.1 Å². The van der Waals surface area contributed by atoms with Crippen LogP contribution in [0.2, 0.25) is 0 Å². The fourth-order valence-electron chi connectivity index (χ4n) is 2.59. The monoisotopic (exact) mass is 343 g/mol. The maximum absolute atomic E-state index is 12.2. The highest BCUT2D eigenvalue weighted by Crippen LogP contribution is 2.33. The number of aryl methyl sites for hydroxylation is 1. The molecule has 1 aliphatic carbocycles. The predicted molar refractivity (Wildman–Crippen MR) is 76.6 cm³/mol. The van der Waals surface area contributed by atoms with Crippen molar-refractivity contribution >= 4 is 27.8 Å². The number of rotatable bonds is 3. The molecule has 0 radical (unpaired) electrons. The number of aliphatic carboxylic acids is 1. The molecule has 0 aromatic carbocycles. The van der Waals surface area contributed by atoms with Crippen LogP contribution in [0.5, 0.6) is 0 Å². The second kappa shape index (κ2) is 5.60. The Morgan fingerprint density at radius 2 is 2.05 bits per heavy atom. The van der Waals surface area contributed by atoms with E-state index in [4.69, 9.17) is 4.42 Å². The standard InChI is InChI=1S/C14H18BrNO4/c1-8-3-5-14(6-4-8,13(18)19)16-12(17)11-9(2)7-10(15)20-11/h7-8H,3-6H2,1-2H3,(H,16,17)(H,18,19). The summed E-state index contributed by atoms with van der Waals surface area (Å²) < 4.78 is 5.74. The minimum absolute atomic E-state index is 0.163. The maximum Gasteiger partial charge on any atom is 0.329 e. The van der Waals surface area contributed by atoms with Gasteiger partial charge in [-0.05, 0) is 60.5 Å². The Morgan fingerprint density at radius 3 is 2.50 bits per heavy atom. The van der Waals surface area contributed by atoms with E-state index in [0.717, 1.165) is 12.8 Å². The molecule has 0 unspecified atom stereocenters. The van der Waals surface area contributed by atoms with Gasteiger partial charge in [-0.15, -0.1) is 0 Å². The average Bonchev–Trinajstić information content (AvgIpc) is 2.71. The Balaban J connectivity index is 2.19. The number of carboxylic acids is 1. The summed E-state index contributed by atoms with van der Waals surface area (Å²) in [6, 6.07) is 1.69. The second-order valence-corrected chi connectivity index (χ2v) is 6.37. The summed E-state index contributed by atoms with van der Waals surface area (Å²) in [6.07, 6.45) is 2.51. The molecule has 5 nitrogen and oxygen atoms in total. The van der Waals surface area contributed by atoms with E-state index in [9.17, 15) is 14.7 Å². The molecule has 1 amide bonds. The first kappa shape index (κ1) is 15.1. The number of amides is 1. The zero-order valence-corrected chi connectivity index (χ0v) is 13.1.